The third-order valence-electron chi connectivity index (χ3n) is 5.61. The molecule has 0 saturated heterocycles. The molecule has 0 amide bonds. The molecule has 0 aliphatic carbocycles. The van der Waals surface area contributed by atoms with Crippen LogP contribution in [0.1, 0.15) is 24.0 Å². The van der Waals surface area contributed by atoms with Crippen molar-refractivity contribution in [3.05, 3.63) is 77.7 Å². The number of benzene rings is 2. The van der Waals surface area contributed by atoms with Gasteiger partial charge in [-0.25, -0.2) is 22.8 Å². The number of sulfonamides is 1. The van der Waals surface area contributed by atoms with Crippen molar-refractivity contribution in [2.24, 2.45) is 4.99 Å². The van der Waals surface area contributed by atoms with E-state index in [9.17, 15) is 12.8 Å². The van der Waals surface area contributed by atoms with E-state index in [2.05, 4.69) is 20.3 Å². The van der Waals surface area contributed by atoms with Crippen molar-refractivity contribution in [1.82, 2.24) is 14.3 Å². The summed E-state index contributed by atoms with van der Waals surface area (Å²) in [6.07, 6.45) is 5.39. The van der Waals surface area contributed by atoms with Crippen molar-refractivity contribution in [1.29, 1.82) is 0 Å². The van der Waals surface area contributed by atoms with Crippen molar-refractivity contribution < 1.29 is 12.8 Å². The van der Waals surface area contributed by atoms with Gasteiger partial charge in [0.2, 0.25) is 16.0 Å². The Hall–Kier alpha value is -3.17. The molecule has 1 N–H and O–H groups in total. The fraction of sp³-hybridized carbons (Fsp3) is 0.320. The van der Waals surface area contributed by atoms with Crippen LogP contribution in [-0.2, 0) is 23.0 Å². The molecule has 1 aliphatic rings. The molecule has 7 nitrogen and oxygen atoms in total. The molecule has 9 heteroatoms. The van der Waals surface area contributed by atoms with E-state index in [-0.39, 0.29) is 12.4 Å². The molecule has 4 rings (SSSR count). The number of aromatic nitrogens is 2. The molecule has 178 valence electrons. The van der Waals surface area contributed by atoms with Crippen LogP contribution in [0, 0.1) is 5.82 Å². The van der Waals surface area contributed by atoms with Gasteiger partial charge in [-0.15, -0.1) is 0 Å². The Labute approximate surface area is 199 Å². The van der Waals surface area contributed by atoms with E-state index < -0.39 is 10.0 Å². The second-order valence-corrected chi connectivity index (χ2v) is 10.3. The zero-order chi connectivity index (χ0) is 24.0. The Morgan fingerprint density at radius 3 is 2.65 bits per heavy atom. The Bertz CT molecular complexity index is 1280. The normalized spacial score (nSPS) is 13.8. The van der Waals surface area contributed by atoms with Gasteiger partial charge in [-0.1, -0.05) is 30.3 Å². The van der Waals surface area contributed by atoms with Gasteiger partial charge in [0, 0.05) is 37.1 Å². The highest BCUT2D eigenvalue weighted by molar-refractivity contribution is 7.88. The Morgan fingerprint density at radius 2 is 1.88 bits per heavy atom. The minimum Gasteiger partial charge on any atom is -0.354 e. The maximum absolute atomic E-state index is 13.3. The van der Waals surface area contributed by atoms with Crippen molar-refractivity contribution in [2.75, 3.05) is 31.2 Å². The lowest BCUT2D eigenvalue weighted by molar-refractivity contribution is 0.450. The summed E-state index contributed by atoms with van der Waals surface area (Å²) >= 11 is 0. The van der Waals surface area contributed by atoms with Gasteiger partial charge < -0.3 is 5.32 Å². The molecule has 2 heterocycles. The standard InChI is InChI=1S/C25H28FN5O2S/c1-34(32,33)31(18-23-9-4-12-27-23)17-20-6-2-7-21(15-20)24-11-14-29-25(30-24)28-13-10-19-5-3-8-22(26)16-19/h2-3,5-8,11,14-16H,4,9-10,12-13,17-18H2,1H3,(H,28,29,30). The molecule has 2 aromatic carbocycles. The average Bonchev–Trinajstić information content (AvgIpc) is 3.32. The second-order valence-electron chi connectivity index (χ2n) is 8.36. The average molecular weight is 482 g/mol. The zero-order valence-electron chi connectivity index (χ0n) is 19.1. The molecule has 0 atom stereocenters. The van der Waals surface area contributed by atoms with Crippen molar-refractivity contribution in [3.63, 3.8) is 0 Å². The maximum Gasteiger partial charge on any atom is 0.223 e. The highest BCUT2D eigenvalue weighted by atomic mass is 32.2. The first-order valence-corrected chi connectivity index (χ1v) is 13.1. The minimum absolute atomic E-state index is 0.249. The molecule has 0 spiro atoms. The zero-order valence-corrected chi connectivity index (χ0v) is 19.9. The van der Waals surface area contributed by atoms with E-state index in [4.69, 9.17) is 0 Å². The second kappa shape index (κ2) is 10.8. The molecular weight excluding hydrogens is 453 g/mol. The Balaban J connectivity index is 1.44. The number of halogens is 1. The molecule has 0 fully saturated rings. The van der Waals surface area contributed by atoms with Crippen LogP contribution in [0.15, 0.2) is 65.8 Å². The Morgan fingerprint density at radius 1 is 1.06 bits per heavy atom. The number of nitrogens with zero attached hydrogens (tertiary/aromatic N) is 4. The number of anilines is 1. The van der Waals surface area contributed by atoms with Gasteiger partial charge in [-0.3, -0.25) is 4.99 Å². The lowest BCUT2D eigenvalue weighted by Crippen LogP contribution is -2.34. The van der Waals surface area contributed by atoms with Gasteiger partial charge in [0.05, 0.1) is 18.5 Å². The van der Waals surface area contributed by atoms with Gasteiger partial charge >= 0.3 is 0 Å². The van der Waals surface area contributed by atoms with Crippen LogP contribution in [-0.4, -0.2) is 54.3 Å². The molecule has 1 aromatic heterocycles. The molecule has 1 aliphatic heterocycles. The van der Waals surface area contributed by atoms with Crippen molar-refractivity contribution in [3.8, 4) is 11.3 Å². The van der Waals surface area contributed by atoms with Crippen LogP contribution in [0.3, 0.4) is 0 Å². The number of hydrogen-bond donors (Lipinski definition) is 1. The smallest absolute Gasteiger partial charge is 0.223 e. The number of nitrogens with one attached hydrogen (secondary N) is 1. The summed E-state index contributed by atoms with van der Waals surface area (Å²) in [6, 6.07) is 16.0. The van der Waals surface area contributed by atoms with Crippen LogP contribution >= 0.6 is 0 Å². The molecule has 0 unspecified atom stereocenters. The summed E-state index contributed by atoms with van der Waals surface area (Å²) in [6.45, 7) is 1.94. The molecule has 3 aromatic rings. The van der Waals surface area contributed by atoms with Crippen LogP contribution < -0.4 is 5.32 Å². The van der Waals surface area contributed by atoms with Crippen molar-refractivity contribution >= 4 is 21.7 Å². The summed E-state index contributed by atoms with van der Waals surface area (Å²) in [4.78, 5) is 13.3. The monoisotopic (exact) mass is 481 g/mol. The maximum atomic E-state index is 13.3. The Kier molecular flexibility index (Phi) is 7.64. The first-order valence-electron chi connectivity index (χ1n) is 11.2. The van der Waals surface area contributed by atoms with Gasteiger partial charge in [0.1, 0.15) is 5.82 Å². The SMILES string of the molecule is CS(=O)(=O)N(CC1=NCCC1)Cc1cccc(-c2ccnc(NCCc3cccc(F)c3)n2)c1. The van der Waals surface area contributed by atoms with E-state index in [1.807, 2.05) is 36.4 Å². The third kappa shape index (κ3) is 6.68. The summed E-state index contributed by atoms with van der Waals surface area (Å²) in [5, 5.41) is 3.18. The minimum atomic E-state index is -3.38. The van der Waals surface area contributed by atoms with Gasteiger partial charge in [-0.05, 0) is 54.7 Å². The van der Waals surface area contributed by atoms with E-state index >= 15 is 0 Å². The van der Waals surface area contributed by atoms with Gasteiger partial charge in [0.25, 0.3) is 0 Å². The fourth-order valence-corrected chi connectivity index (χ4v) is 4.64. The van der Waals surface area contributed by atoms with E-state index in [1.54, 1.807) is 12.3 Å². The molecule has 0 saturated carbocycles. The fourth-order valence-electron chi connectivity index (χ4n) is 3.87. The topological polar surface area (TPSA) is 87.5 Å². The summed E-state index contributed by atoms with van der Waals surface area (Å²) in [7, 11) is -3.38. The predicted octanol–water partition coefficient (Wildman–Crippen LogP) is 3.93. The molecule has 34 heavy (non-hydrogen) atoms. The third-order valence-corrected chi connectivity index (χ3v) is 6.81. The summed E-state index contributed by atoms with van der Waals surface area (Å²) in [5.41, 5.74) is 4.32. The van der Waals surface area contributed by atoms with E-state index in [0.29, 0.717) is 25.5 Å². The van der Waals surface area contributed by atoms with Gasteiger partial charge in [-0.2, -0.15) is 4.31 Å². The van der Waals surface area contributed by atoms with Crippen LogP contribution in [0.4, 0.5) is 10.3 Å². The van der Waals surface area contributed by atoms with Crippen LogP contribution in [0.2, 0.25) is 0 Å². The number of rotatable bonds is 10. The van der Waals surface area contributed by atoms with Crippen LogP contribution in [0.5, 0.6) is 0 Å². The van der Waals surface area contributed by atoms with E-state index in [1.165, 1.54) is 22.7 Å². The quantitative estimate of drug-likeness (QED) is 0.474. The highest BCUT2D eigenvalue weighted by Crippen LogP contribution is 2.21. The van der Waals surface area contributed by atoms with Crippen LogP contribution in [0.25, 0.3) is 11.3 Å². The first-order chi connectivity index (χ1) is 16.4. The first kappa shape index (κ1) is 24.0. The molecular formula is C25H28FN5O2S. The lowest BCUT2D eigenvalue weighted by Gasteiger charge is -2.20. The number of hydrogen-bond acceptors (Lipinski definition) is 6. The largest absolute Gasteiger partial charge is 0.354 e. The van der Waals surface area contributed by atoms with E-state index in [0.717, 1.165) is 47.5 Å². The van der Waals surface area contributed by atoms with Gasteiger partial charge in [0.15, 0.2) is 0 Å². The lowest BCUT2D eigenvalue weighted by atomic mass is 10.1. The molecule has 0 radical (unpaired) electrons. The van der Waals surface area contributed by atoms with Crippen molar-refractivity contribution in [2.45, 2.75) is 25.8 Å². The summed E-state index contributed by atoms with van der Waals surface area (Å²) in [5.74, 6) is 0.234. The molecule has 0 bridgehead atoms. The summed E-state index contributed by atoms with van der Waals surface area (Å²) < 4.78 is 39.5. The predicted molar refractivity (Wildman–Crippen MR) is 133 cm³/mol. The highest BCUT2D eigenvalue weighted by Gasteiger charge is 2.21. The number of aliphatic imine (C=N–C) groups is 1.